The smallest absolute Gasteiger partial charge is 0.326 e. The highest BCUT2D eigenvalue weighted by Gasteiger charge is 2.26. The second-order valence-corrected chi connectivity index (χ2v) is 6.34. The van der Waals surface area contributed by atoms with Gasteiger partial charge in [0, 0.05) is 13.1 Å². The van der Waals surface area contributed by atoms with Crippen molar-refractivity contribution in [3.05, 3.63) is 30.1 Å². The Labute approximate surface area is 148 Å². The first kappa shape index (κ1) is 17.3. The van der Waals surface area contributed by atoms with Crippen molar-refractivity contribution in [2.45, 2.75) is 12.3 Å². The number of aromatic nitrogens is 2. The number of hydrogen-bond donors (Lipinski definition) is 1. The Hall–Kier alpha value is -2.55. The van der Waals surface area contributed by atoms with Gasteiger partial charge in [-0.05, 0) is 18.4 Å². The maximum absolute atomic E-state index is 12.2. The molecule has 0 bridgehead atoms. The third kappa shape index (κ3) is 3.76. The minimum atomic E-state index is -0.543. The Morgan fingerprint density at radius 1 is 1.36 bits per heavy atom. The molecule has 132 valence electrons. The number of amides is 3. The van der Waals surface area contributed by atoms with Crippen LogP contribution in [0.25, 0.3) is 11.0 Å². The molecule has 2 heterocycles. The van der Waals surface area contributed by atoms with Crippen molar-refractivity contribution < 1.29 is 19.1 Å². The van der Waals surface area contributed by atoms with E-state index in [1.54, 1.807) is 16.3 Å². The number of urea groups is 1. The Kier molecular flexibility index (Phi) is 5.22. The Morgan fingerprint density at radius 3 is 2.88 bits per heavy atom. The lowest BCUT2D eigenvalue weighted by molar-refractivity contribution is -0.151. The maximum Gasteiger partial charge on any atom is 0.326 e. The lowest BCUT2D eigenvalue weighted by Crippen LogP contribution is -2.37. The number of carbonyl (C=O) groups is 3. The third-order valence-corrected chi connectivity index (χ3v) is 4.36. The van der Waals surface area contributed by atoms with E-state index in [1.165, 1.54) is 0 Å². The lowest BCUT2D eigenvalue weighted by atomic mass is 10.3. The number of hydrogen-bond acceptors (Lipinski definition) is 6. The molecule has 25 heavy (non-hydrogen) atoms. The molecule has 0 saturated carbocycles. The number of thioether (sulfide) groups is 1. The topological polar surface area (TPSA) is 93.5 Å². The molecule has 3 amide bonds. The highest BCUT2D eigenvalue weighted by Crippen LogP contribution is 2.19. The maximum atomic E-state index is 12.2. The zero-order valence-corrected chi connectivity index (χ0v) is 14.5. The van der Waals surface area contributed by atoms with Crippen LogP contribution in [0.15, 0.2) is 24.3 Å². The first-order valence-corrected chi connectivity index (χ1v) is 9.16. The van der Waals surface area contributed by atoms with Crippen LogP contribution in [0.1, 0.15) is 5.82 Å². The summed E-state index contributed by atoms with van der Waals surface area (Å²) in [4.78, 5) is 41.1. The highest BCUT2D eigenvalue weighted by molar-refractivity contribution is 7.97. The van der Waals surface area contributed by atoms with Gasteiger partial charge in [0.1, 0.15) is 12.4 Å². The summed E-state index contributed by atoms with van der Waals surface area (Å²) >= 11 is 1.61. The average Bonchev–Trinajstić information content (AvgIpc) is 3.17. The normalized spacial score (nSPS) is 14.0. The van der Waals surface area contributed by atoms with Crippen LogP contribution in [0.4, 0.5) is 4.79 Å². The lowest BCUT2D eigenvalue weighted by Gasteiger charge is -2.13. The zero-order valence-electron chi connectivity index (χ0n) is 13.7. The van der Waals surface area contributed by atoms with E-state index >= 15 is 0 Å². The van der Waals surface area contributed by atoms with Gasteiger partial charge in [0.05, 0.1) is 16.8 Å². The summed E-state index contributed by atoms with van der Waals surface area (Å²) in [5.41, 5.74) is 1.65. The molecular formula is C16H18N4O4S. The number of fused-ring (bicyclic) bond motifs is 1. The molecule has 0 unspecified atom stereocenters. The van der Waals surface area contributed by atoms with Crippen molar-refractivity contribution in [3.63, 3.8) is 0 Å². The SMILES string of the molecule is CSCc1nc2ccccc2n1CC(=O)OCC(=O)N1CCNC1=O. The van der Waals surface area contributed by atoms with Crippen LogP contribution in [-0.2, 0) is 26.6 Å². The number of benzene rings is 1. The molecular weight excluding hydrogens is 344 g/mol. The van der Waals surface area contributed by atoms with Crippen LogP contribution in [0, 0.1) is 0 Å². The number of nitrogens with one attached hydrogen (secondary N) is 1. The Morgan fingerprint density at radius 2 is 2.16 bits per heavy atom. The predicted molar refractivity (Wildman–Crippen MR) is 93.0 cm³/mol. The van der Waals surface area contributed by atoms with E-state index < -0.39 is 24.5 Å². The monoisotopic (exact) mass is 362 g/mol. The van der Waals surface area contributed by atoms with Crippen LogP contribution in [0.2, 0.25) is 0 Å². The van der Waals surface area contributed by atoms with Crippen molar-refractivity contribution in [1.29, 1.82) is 0 Å². The number of para-hydroxylation sites is 2. The molecule has 1 aliphatic heterocycles. The largest absolute Gasteiger partial charge is 0.454 e. The van der Waals surface area contributed by atoms with Crippen LogP contribution in [0.5, 0.6) is 0 Å². The van der Waals surface area contributed by atoms with Crippen molar-refractivity contribution in [2.24, 2.45) is 0 Å². The standard InChI is InChI=1S/C16H18N4O4S/c1-25-10-13-18-11-4-2-3-5-12(11)20(13)8-15(22)24-9-14(21)19-7-6-17-16(19)23/h2-5H,6-10H2,1H3,(H,17,23). The summed E-state index contributed by atoms with van der Waals surface area (Å²) in [6, 6.07) is 7.09. The van der Waals surface area contributed by atoms with Gasteiger partial charge in [-0.3, -0.25) is 14.5 Å². The molecule has 0 radical (unpaired) electrons. The quantitative estimate of drug-likeness (QED) is 0.771. The molecule has 1 fully saturated rings. The molecule has 0 spiro atoms. The van der Waals surface area contributed by atoms with Gasteiger partial charge >= 0.3 is 12.0 Å². The van der Waals surface area contributed by atoms with E-state index in [0.717, 1.165) is 21.8 Å². The van der Waals surface area contributed by atoms with E-state index in [4.69, 9.17) is 4.74 Å². The van der Waals surface area contributed by atoms with Crippen molar-refractivity contribution >= 4 is 40.7 Å². The van der Waals surface area contributed by atoms with E-state index in [2.05, 4.69) is 10.3 Å². The van der Waals surface area contributed by atoms with Gasteiger partial charge in [0.2, 0.25) is 0 Å². The Balaban J connectivity index is 1.66. The van der Waals surface area contributed by atoms with Crippen LogP contribution in [-0.4, -0.2) is 58.3 Å². The molecule has 8 nitrogen and oxygen atoms in total. The summed E-state index contributed by atoms with van der Waals surface area (Å²) in [5.74, 6) is 0.368. The summed E-state index contributed by atoms with van der Waals surface area (Å²) in [7, 11) is 0. The number of carbonyl (C=O) groups excluding carboxylic acids is 3. The first-order chi connectivity index (χ1) is 12.1. The van der Waals surface area contributed by atoms with Gasteiger partial charge < -0.3 is 14.6 Å². The zero-order chi connectivity index (χ0) is 17.8. The fourth-order valence-electron chi connectivity index (χ4n) is 2.65. The third-order valence-electron chi connectivity index (χ3n) is 3.81. The summed E-state index contributed by atoms with van der Waals surface area (Å²) in [6.45, 7) is 0.226. The molecule has 1 aromatic heterocycles. The average molecular weight is 362 g/mol. The van der Waals surface area contributed by atoms with Crippen molar-refractivity contribution in [1.82, 2.24) is 19.8 Å². The summed E-state index contributed by atoms with van der Waals surface area (Å²) < 4.78 is 6.85. The minimum Gasteiger partial charge on any atom is -0.454 e. The van der Waals surface area contributed by atoms with Gasteiger partial charge in [0.25, 0.3) is 5.91 Å². The first-order valence-electron chi connectivity index (χ1n) is 7.77. The molecule has 1 aromatic carbocycles. The van der Waals surface area contributed by atoms with Gasteiger partial charge in [-0.1, -0.05) is 12.1 Å². The highest BCUT2D eigenvalue weighted by atomic mass is 32.2. The molecule has 1 aliphatic rings. The predicted octanol–water partition coefficient (Wildman–Crippen LogP) is 0.994. The van der Waals surface area contributed by atoms with Gasteiger partial charge in [-0.15, -0.1) is 0 Å². The number of esters is 1. The molecule has 1 saturated heterocycles. The number of imidazole rings is 1. The fourth-order valence-corrected chi connectivity index (χ4v) is 3.12. The molecule has 1 N–H and O–H groups in total. The van der Waals surface area contributed by atoms with Crippen LogP contribution in [0.3, 0.4) is 0 Å². The summed E-state index contributed by atoms with van der Waals surface area (Å²) in [6.07, 6.45) is 1.96. The van der Waals surface area contributed by atoms with E-state index in [0.29, 0.717) is 18.8 Å². The minimum absolute atomic E-state index is 0.0319. The van der Waals surface area contributed by atoms with Gasteiger partial charge in [-0.2, -0.15) is 11.8 Å². The number of nitrogens with zero attached hydrogens (tertiary/aromatic N) is 3. The molecule has 3 rings (SSSR count). The molecule has 9 heteroatoms. The van der Waals surface area contributed by atoms with E-state index in [1.807, 2.05) is 30.5 Å². The van der Waals surface area contributed by atoms with Gasteiger partial charge in [0.15, 0.2) is 6.61 Å². The second-order valence-electron chi connectivity index (χ2n) is 5.47. The van der Waals surface area contributed by atoms with E-state index in [-0.39, 0.29) is 6.54 Å². The van der Waals surface area contributed by atoms with Crippen LogP contribution < -0.4 is 5.32 Å². The van der Waals surface area contributed by atoms with Crippen molar-refractivity contribution in [2.75, 3.05) is 26.0 Å². The summed E-state index contributed by atoms with van der Waals surface area (Å²) in [5, 5.41) is 2.53. The number of rotatable bonds is 6. The van der Waals surface area contributed by atoms with Gasteiger partial charge in [-0.25, -0.2) is 9.78 Å². The van der Waals surface area contributed by atoms with E-state index in [9.17, 15) is 14.4 Å². The number of imide groups is 1. The Bertz CT molecular complexity index is 820. The fraction of sp³-hybridized carbons (Fsp3) is 0.375. The van der Waals surface area contributed by atoms with Crippen molar-refractivity contribution in [3.8, 4) is 0 Å². The molecule has 0 aliphatic carbocycles. The second kappa shape index (κ2) is 7.56. The molecule has 2 aromatic rings. The number of ether oxygens (including phenoxy) is 1. The molecule has 0 atom stereocenters. The van der Waals surface area contributed by atoms with Crippen LogP contribution >= 0.6 is 11.8 Å².